The third kappa shape index (κ3) is 1.73. The van der Waals surface area contributed by atoms with Gasteiger partial charge in [0, 0.05) is 24.5 Å². The number of nitrogens with one attached hydrogen (secondary N) is 1. The Morgan fingerprint density at radius 3 is 3.00 bits per heavy atom. The number of aryl methyl sites for hydroxylation is 1. The van der Waals surface area contributed by atoms with E-state index >= 15 is 0 Å². The van der Waals surface area contributed by atoms with Crippen LogP contribution in [0.5, 0.6) is 0 Å². The van der Waals surface area contributed by atoms with Gasteiger partial charge in [0.1, 0.15) is 5.69 Å². The van der Waals surface area contributed by atoms with Crippen molar-refractivity contribution in [2.24, 2.45) is 0 Å². The number of hydrogen-bond acceptors (Lipinski definition) is 3. The van der Waals surface area contributed by atoms with Crippen molar-refractivity contribution in [1.82, 2.24) is 19.9 Å². The van der Waals surface area contributed by atoms with Crippen molar-refractivity contribution >= 4 is 17.5 Å². The number of hydrogen-bond donors (Lipinski definition) is 1. The Balaban J connectivity index is 1.82. The first-order valence-corrected chi connectivity index (χ1v) is 6.96. The van der Waals surface area contributed by atoms with Gasteiger partial charge in [-0.1, -0.05) is 0 Å². The summed E-state index contributed by atoms with van der Waals surface area (Å²) in [6.45, 7) is 2.77. The van der Waals surface area contributed by atoms with Gasteiger partial charge < -0.3 is 9.88 Å². The van der Waals surface area contributed by atoms with Crippen LogP contribution >= 0.6 is 11.6 Å². The lowest BCUT2D eigenvalue weighted by Crippen LogP contribution is -2.45. The van der Waals surface area contributed by atoms with Crippen molar-refractivity contribution in [1.29, 1.82) is 0 Å². The molecule has 2 aromatic heterocycles. The van der Waals surface area contributed by atoms with Gasteiger partial charge in [0.05, 0.1) is 11.2 Å². The minimum atomic E-state index is -0.00203. The molecule has 1 N–H and O–H groups in total. The molecule has 1 fully saturated rings. The number of halogens is 1. The van der Waals surface area contributed by atoms with Gasteiger partial charge in [0.15, 0.2) is 0 Å². The topological polar surface area (TPSA) is 59.8 Å². The fourth-order valence-electron chi connectivity index (χ4n) is 2.78. The largest absolute Gasteiger partial charge is 0.344 e. The maximum absolute atomic E-state index is 12.1. The molecule has 4 rings (SSSR count). The molecule has 6 heteroatoms. The fraction of sp³-hybridized carbons (Fsp3) is 0.357. The van der Waals surface area contributed by atoms with Crippen LogP contribution in [0, 0.1) is 6.92 Å². The van der Waals surface area contributed by atoms with Crippen molar-refractivity contribution < 1.29 is 4.79 Å². The Bertz CT molecular complexity index is 733. The molecule has 102 valence electrons. The highest BCUT2D eigenvalue weighted by Crippen LogP contribution is 2.40. The van der Waals surface area contributed by atoms with E-state index < -0.39 is 0 Å². The number of amides is 1. The number of rotatable bonds is 1. The summed E-state index contributed by atoms with van der Waals surface area (Å²) in [5.41, 5.74) is 3.32. The van der Waals surface area contributed by atoms with Crippen LogP contribution in [0.1, 0.15) is 28.9 Å². The molecule has 20 heavy (non-hydrogen) atoms. The highest BCUT2D eigenvalue weighted by molar-refractivity contribution is 6.28. The quantitative estimate of drug-likeness (QED) is 0.818. The summed E-state index contributed by atoms with van der Waals surface area (Å²) < 4.78 is 2.02. The molecule has 0 aromatic carbocycles. The lowest BCUT2D eigenvalue weighted by Gasteiger charge is -2.25. The SMILES string of the molecule is Cc1cnc(Cl)nc1-c1cc2n(c1)CC1(CC1)NC2=O. The van der Waals surface area contributed by atoms with Crippen LogP contribution in [-0.4, -0.2) is 26.0 Å². The molecule has 0 radical (unpaired) electrons. The van der Waals surface area contributed by atoms with E-state index in [2.05, 4.69) is 15.3 Å². The van der Waals surface area contributed by atoms with E-state index in [9.17, 15) is 4.79 Å². The van der Waals surface area contributed by atoms with Gasteiger partial charge in [-0.2, -0.15) is 0 Å². The molecule has 0 saturated heterocycles. The average Bonchev–Trinajstić information content (AvgIpc) is 2.99. The molecular formula is C14H13ClN4O. The summed E-state index contributed by atoms with van der Waals surface area (Å²) in [6.07, 6.45) is 5.80. The first-order valence-electron chi connectivity index (χ1n) is 6.59. The van der Waals surface area contributed by atoms with Crippen molar-refractivity contribution in [3.8, 4) is 11.3 Å². The number of fused-ring (bicyclic) bond motifs is 1. The predicted octanol–water partition coefficient (Wildman–Crippen LogP) is 2.18. The smallest absolute Gasteiger partial charge is 0.268 e. The van der Waals surface area contributed by atoms with Gasteiger partial charge in [-0.25, -0.2) is 9.97 Å². The summed E-state index contributed by atoms with van der Waals surface area (Å²) in [7, 11) is 0. The molecular weight excluding hydrogens is 276 g/mol. The van der Waals surface area contributed by atoms with Gasteiger partial charge >= 0.3 is 0 Å². The fourth-order valence-corrected chi connectivity index (χ4v) is 2.91. The number of carbonyl (C=O) groups is 1. The molecule has 5 nitrogen and oxygen atoms in total. The van der Waals surface area contributed by atoms with Gasteiger partial charge in [0.25, 0.3) is 5.91 Å². The van der Waals surface area contributed by atoms with Gasteiger partial charge in [-0.15, -0.1) is 0 Å². The molecule has 1 aliphatic carbocycles. The second-order valence-electron chi connectivity index (χ2n) is 5.65. The predicted molar refractivity (Wildman–Crippen MR) is 74.6 cm³/mol. The third-order valence-electron chi connectivity index (χ3n) is 4.05. The first kappa shape index (κ1) is 11.9. The Morgan fingerprint density at radius 2 is 2.25 bits per heavy atom. The highest BCUT2D eigenvalue weighted by atomic mass is 35.5. The van der Waals surface area contributed by atoms with E-state index in [1.165, 1.54) is 0 Å². The number of aromatic nitrogens is 3. The van der Waals surface area contributed by atoms with E-state index in [0.29, 0.717) is 5.69 Å². The van der Waals surface area contributed by atoms with Crippen molar-refractivity contribution in [2.45, 2.75) is 31.8 Å². The van der Waals surface area contributed by atoms with Gasteiger partial charge in [-0.3, -0.25) is 4.79 Å². The van der Waals surface area contributed by atoms with Crippen LogP contribution in [0.2, 0.25) is 5.28 Å². The molecule has 0 bridgehead atoms. The molecule has 1 spiro atoms. The van der Waals surface area contributed by atoms with Crippen molar-refractivity contribution in [3.63, 3.8) is 0 Å². The van der Waals surface area contributed by atoms with Crippen molar-refractivity contribution in [2.75, 3.05) is 0 Å². The molecule has 0 unspecified atom stereocenters. The molecule has 1 amide bonds. The lowest BCUT2D eigenvalue weighted by atomic mass is 10.1. The van der Waals surface area contributed by atoms with Crippen LogP contribution in [0.25, 0.3) is 11.3 Å². The summed E-state index contributed by atoms with van der Waals surface area (Å²) >= 11 is 5.87. The highest BCUT2D eigenvalue weighted by Gasteiger charge is 2.47. The van der Waals surface area contributed by atoms with E-state index in [-0.39, 0.29) is 16.7 Å². The lowest BCUT2D eigenvalue weighted by molar-refractivity contribution is 0.0892. The standard InChI is InChI=1S/C14H13ClN4O/c1-8-5-16-13(15)17-11(8)9-4-10-12(20)18-14(2-3-14)7-19(10)6-9/h4-6H,2-3,7H2,1H3,(H,18,20). The zero-order valence-electron chi connectivity index (χ0n) is 11.0. The van der Waals surface area contributed by atoms with Crippen LogP contribution in [-0.2, 0) is 6.54 Å². The van der Waals surface area contributed by atoms with Crippen molar-refractivity contribution in [3.05, 3.63) is 35.0 Å². The Morgan fingerprint density at radius 1 is 1.45 bits per heavy atom. The summed E-state index contributed by atoms with van der Waals surface area (Å²) in [5, 5.41) is 3.32. The normalized spacial score (nSPS) is 18.8. The number of carbonyl (C=O) groups excluding carboxylic acids is 1. The van der Waals surface area contributed by atoms with Crippen LogP contribution < -0.4 is 5.32 Å². The molecule has 2 aromatic rings. The minimum absolute atomic E-state index is 0.00125. The Labute approximate surface area is 121 Å². The zero-order valence-corrected chi connectivity index (χ0v) is 11.7. The first-order chi connectivity index (χ1) is 9.56. The van der Waals surface area contributed by atoms with E-state index in [4.69, 9.17) is 11.6 Å². The zero-order chi connectivity index (χ0) is 13.9. The average molecular weight is 289 g/mol. The minimum Gasteiger partial charge on any atom is -0.344 e. The molecule has 0 atom stereocenters. The summed E-state index contributed by atoms with van der Waals surface area (Å²) in [4.78, 5) is 20.4. The van der Waals surface area contributed by atoms with Crippen LogP contribution in [0.3, 0.4) is 0 Å². The monoisotopic (exact) mass is 288 g/mol. The van der Waals surface area contributed by atoms with Gasteiger partial charge in [0.2, 0.25) is 5.28 Å². The second kappa shape index (κ2) is 3.82. The maximum atomic E-state index is 12.1. The van der Waals surface area contributed by atoms with Gasteiger partial charge in [-0.05, 0) is 43.0 Å². The third-order valence-corrected chi connectivity index (χ3v) is 4.23. The maximum Gasteiger partial charge on any atom is 0.268 e. The van der Waals surface area contributed by atoms with E-state index in [1.54, 1.807) is 6.20 Å². The molecule has 2 aliphatic rings. The van der Waals surface area contributed by atoms with E-state index in [0.717, 1.165) is 36.2 Å². The summed E-state index contributed by atoms with van der Waals surface area (Å²) in [6, 6.07) is 1.87. The second-order valence-corrected chi connectivity index (χ2v) is 5.99. The molecule has 3 heterocycles. The summed E-state index contributed by atoms with van der Waals surface area (Å²) in [5.74, 6) is -0.00203. The number of nitrogens with zero attached hydrogens (tertiary/aromatic N) is 3. The Kier molecular flexibility index (Phi) is 2.27. The van der Waals surface area contributed by atoms with Crippen LogP contribution in [0.4, 0.5) is 0 Å². The molecule has 1 aliphatic heterocycles. The Hall–Kier alpha value is -1.88. The molecule has 1 saturated carbocycles. The van der Waals surface area contributed by atoms with Crippen LogP contribution in [0.15, 0.2) is 18.5 Å². The van der Waals surface area contributed by atoms with E-state index in [1.807, 2.05) is 23.8 Å².